The van der Waals surface area contributed by atoms with E-state index in [0.717, 1.165) is 5.84 Å². The van der Waals surface area contributed by atoms with Crippen molar-refractivity contribution in [2.75, 3.05) is 12.8 Å². The molecule has 3 rings (SSSR count). The molecule has 25 heavy (non-hydrogen) atoms. The summed E-state index contributed by atoms with van der Waals surface area (Å²) < 4.78 is 24.9. The molecular weight excluding hydrogens is 332 g/mol. The van der Waals surface area contributed by atoms with E-state index in [9.17, 15) is 8.42 Å². The van der Waals surface area contributed by atoms with Crippen LogP contribution in [0.15, 0.2) is 70.6 Å². The maximum Gasteiger partial charge on any atom is 0.178 e. The van der Waals surface area contributed by atoms with Gasteiger partial charge >= 0.3 is 0 Å². The summed E-state index contributed by atoms with van der Waals surface area (Å²) in [5.41, 5.74) is 0.846. The fourth-order valence-electron chi connectivity index (χ4n) is 3.05. The zero-order chi connectivity index (χ0) is 18.1. The van der Waals surface area contributed by atoms with Crippen LogP contribution in [0.4, 0.5) is 0 Å². The summed E-state index contributed by atoms with van der Waals surface area (Å²) in [6.45, 7) is 4.15. The molecule has 5 heteroatoms. The topological polar surface area (TPSA) is 49.7 Å². The molecule has 0 bridgehead atoms. The number of hydrogen-bond donors (Lipinski definition) is 0. The number of rotatable bonds is 6. The van der Waals surface area contributed by atoms with Crippen LogP contribution in [0.3, 0.4) is 0 Å². The Morgan fingerprint density at radius 2 is 1.60 bits per heavy atom. The number of benzene rings is 2. The van der Waals surface area contributed by atoms with E-state index >= 15 is 0 Å². The first-order chi connectivity index (χ1) is 11.8. The predicted octanol–water partition coefficient (Wildman–Crippen LogP) is 3.71. The van der Waals surface area contributed by atoms with Gasteiger partial charge in [0.15, 0.2) is 9.84 Å². The summed E-state index contributed by atoms with van der Waals surface area (Å²) in [5, 5.41) is 0. The minimum atomic E-state index is -3.27. The van der Waals surface area contributed by atoms with E-state index in [0.29, 0.717) is 11.3 Å². The molecule has 0 radical (unpaired) electrons. The van der Waals surface area contributed by atoms with E-state index in [4.69, 9.17) is 0 Å². The molecule has 2 atom stereocenters. The number of likely N-dealkylation sites (N-methyl/N-ethyl adjacent to an activating group) is 1. The number of sulfone groups is 1. The summed E-state index contributed by atoms with van der Waals surface area (Å²) >= 11 is 0. The van der Waals surface area contributed by atoms with Crippen molar-refractivity contribution in [3.8, 4) is 0 Å². The molecule has 0 fully saturated rings. The maximum atomic E-state index is 12.5. The van der Waals surface area contributed by atoms with E-state index in [2.05, 4.69) is 28.9 Å². The molecule has 0 amide bonds. The molecule has 0 N–H and O–H groups in total. The van der Waals surface area contributed by atoms with Gasteiger partial charge in [0.25, 0.3) is 0 Å². The Morgan fingerprint density at radius 3 is 2.20 bits per heavy atom. The van der Waals surface area contributed by atoms with Crippen LogP contribution in [0.5, 0.6) is 0 Å². The highest BCUT2D eigenvalue weighted by atomic mass is 32.2. The first-order valence-corrected chi connectivity index (χ1v) is 10.1. The molecule has 2 aromatic rings. The van der Waals surface area contributed by atoms with Crippen LogP contribution in [0.25, 0.3) is 0 Å². The van der Waals surface area contributed by atoms with Crippen molar-refractivity contribution in [1.29, 1.82) is 0 Å². The Kier molecular flexibility index (Phi) is 4.69. The normalized spacial score (nSPS) is 20.7. The second-order valence-corrected chi connectivity index (χ2v) is 8.90. The lowest BCUT2D eigenvalue weighted by molar-refractivity contribution is 0.399. The smallest absolute Gasteiger partial charge is 0.178 e. The van der Waals surface area contributed by atoms with Crippen molar-refractivity contribution in [3.63, 3.8) is 0 Å². The predicted molar refractivity (Wildman–Crippen MR) is 102 cm³/mol. The third kappa shape index (κ3) is 3.76. The minimum Gasteiger partial charge on any atom is -0.355 e. The summed E-state index contributed by atoms with van der Waals surface area (Å²) in [5.74, 6) is 1.08. The van der Waals surface area contributed by atoms with Crippen LogP contribution in [-0.4, -0.2) is 37.5 Å². The van der Waals surface area contributed by atoms with E-state index in [1.54, 1.807) is 24.3 Å². The van der Waals surface area contributed by atoms with Gasteiger partial charge in [-0.2, -0.15) is 0 Å². The molecule has 0 saturated heterocycles. The van der Waals surface area contributed by atoms with Gasteiger partial charge in [-0.1, -0.05) is 48.5 Å². The van der Waals surface area contributed by atoms with E-state index < -0.39 is 9.84 Å². The lowest BCUT2D eigenvalue weighted by atomic mass is 10.0. The third-order valence-corrected chi connectivity index (χ3v) is 6.67. The SMILES string of the molecule is C[C@H](c1ccccc1)N(C)C1=N[C@@]1(C)CCS(=O)(=O)c1ccccc1. The average Bonchev–Trinajstić information content (AvgIpc) is 3.32. The van der Waals surface area contributed by atoms with Crippen molar-refractivity contribution in [2.45, 2.75) is 36.7 Å². The number of aliphatic imine (C=N–C) groups is 1. The van der Waals surface area contributed by atoms with Gasteiger partial charge in [0.1, 0.15) is 11.4 Å². The van der Waals surface area contributed by atoms with Gasteiger partial charge in [0.05, 0.1) is 16.7 Å². The van der Waals surface area contributed by atoms with E-state index in [1.165, 1.54) is 5.56 Å². The Bertz CT molecular complexity index is 863. The van der Waals surface area contributed by atoms with Crippen molar-refractivity contribution < 1.29 is 8.42 Å². The summed E-state index contributed by atoms with van der Waals surface area (Å²) in [7, 11) is -1.25. The minimum absolute atomic E-state index is 0.105. The molecule has 1 aliphatic heterocycles. The first-order valence-electron chi connectivity index (χ1n) is 8.49. The molecule has 1 heterocycles. The van der Waals surface area contributed by atoms with Crippen molar-refractivity contribution in [2.24, 2.45) is 4.99 Å². The van der Waals surface area contributed by atoms with E-state index in [-0.39, 0.29) is 17.3 Å². The Hall–Kier alpha value is -2.14. The molecule has 1 aliphatic rings. The van der Waals surface area contributed by atoms with Gasteiger partial charge in [-0.25, -0.2) is 8.42 Å². The fraction of sp³-hybridized carbons (Fsp3) is 0.350. The van der Waals surface area contributed by atoms with Gasteiger partial charge in [0, 0.05) is 7.05 Å². The molecule has 0 aliphatic carbocycles. The Labute approximate surface area is 150 Å². The average molecular weight is 356 g/mol. The third-order valence-electron chi connectivity index (χ3n) is 4.94. The lowest BCUT2D eigenvalue weighted by Gasteiger charge is -2.26. The van der Waals surface area contributed by atoms with Gasteiger partial charge in [-0.05, 0) is 38.0 Å². The highest BCUT2D eigenvalue weighted by Crippen LogP contribution is 2.37. The fourth-order valence-corrected chi connectivity index (χ4v) is 4.52. The van der Waals surface area contributed by atoms with Crippen LogP contribution in [-0.2, 0) is 9.84 Å². The molecule has 0 unspecified atom stereocenters. The van der Waals surface area contributed by atoms with Crippen molar-refractivity contribution >= 4 is 15.7 Å². The van der Waals surface area contributed by atoms with E-state index in [1.807, 2.05) is 38.2 Å². The lowest BCUT2D eigenvalue weighted by Crippen LogP contribution is -2.33. The van der Waals surface area contributed by atoms with Gasteiger partial charge in [0.2, 0.25) is 0 Å². The standard InChI is InChI=1S/C20H24N2O2S/c1-16(17-10-6-4-7-11-17)22(3)19-20(2,21-19)14-15-25(23,24)18-12-8-5-9-13-18/h4-13,16H,14-15H2,1-3H3/t16-,20+/m1/s1. The van der Waals surface area contributed by atoms with Crippen LogP contribution in [0, 0.1) is 0 Å². The molecular formula is C20H24N2O2S. The maximum absolute atomic E-state index is 12.5. The monoisotopic (exact) mass is 356 g/mol. The molecule has 0 spiro atoms. The molecule has 132 valence electrons. The number of hydrogen-bond acceptors (Lipinski definition) is 4. The van der Waals surface area contributed by atoms with Gasteiger partial charge in [-0.15, -0.1) is 0 Å². The Morgan fingerprint density at radius 1 is 1.04 bits per heavy atom. The molecule has 4 nitrogen and oxygen atoms in total. The highest BCUT2D eigenvalue weighted by Gasteiger charge is 2.46. The van der Waals surface area contributed by atoms with Crippen LogP contribution in [0.1, 0.15) is 31.9 Å². The second-order valence-electron chi connectivity index (χ2n) is 6.79. The van der Waals surface area contributed by atoms with Crippen molar-refractivity contribution in [3.05, 3.63) is 66.2 Å². The van der Waals surface area contributed by atoms with Gasteiger partial charge in [-0.3, -0.25) is 4.99 Å². The van der Waals surface area contributed by atoms with Crippen LogP contribution >= 0.6 is 0 Å². The molecule has 0 saturated carbocycles. The Balaban J connectivity index is 1.62. The quantitative estimate of drug-likeness (QED) is 0.793. The molecule has 2 aromatic carbocycles. The number of amidine groups is 1. The summed E-state index contributed by atoms with van der Waals surface area (Å²) in [4.78, 5) is 7.13. The van der Waals surface area contributed by atoms with Crippen molar-refractivity contribution in [1.82, 2.24) is 4.90 Å². The highest BCUT2D eigenvalue weighted by molar-refractivity contribution is 7.91. The van der Waals surface area contributed by atoms with Crippen LogP contribution < -0.4 is 0 Å². The summed E-state index contributed by atoms with van der Waals surface area (Å²) in [6, 6.07) is 19.1. The zero-order valence-corrected chi connectivity index (χ0v) is 15.7. The van der Waals surface area contributed by atoms with Crippen LogP contribution in [0.2, 0.25) is 0 Å². The summed E-state index contributed by atoms with van der Waals surface area (Å²) in [6.07, 6.45) is 0.505. The second kappa shape index (κ2) is 6.64. The van der Waals surface area contributed by atoms with Gasteiger partial charge < -0.3 is 4.90 Å². The zero-order valence-electron chi connectivity index (χ0n) is 14.9. The molecule has 0 aromatic heterocycles. The number of nitrogens with zero attached hydrogens (tertiary/aromatic N) is 2. The first kappa shape index (κ1) is 17.7. The largest absolute Gasteiger partial charge is 0.355 e.